The van der Waals surface area contributed by atoms with Gasteiger partial charge in [-0.2, -0.15) is 11.3 Å². The van der Waals surface area contributed by atoms with E-state index in [4.69, 9.17) is 0 Å². The largest absolute Gasteiger partial charge is 0.338 e. The predicted molar refractivity (Wildman–Crippen MR) is 83.5 cm³/mol. The standard InChI is InChI=1S/C17H23NOS/c1-2-3-7-18(11-14-6-8-20-12-14)17(19)16-10-13-4-5-15(16)9-13/h4-6,8,12-13,15-16H,2-3,7,9-11H2,1H3/t13-,15+,16+/m0/s1. The lowest BCUT2D eigenvalue weighted by Gasteiger charge is -2.28. The van der Waals surface area contributed by atoms with E-state index in [2.05, 4.69) is 40.8 Å². The first-order chi connectivity index (χ1) is 9.78. The van der Waals surface area contributed by atoms with Crippen molar-refractivity contribution in [3.8, 4) is 0 Å². The van der Waals surface area contributed by atoms with Gasteiger partial charge in [-0.15, -0.1) is 0 Å². The molecule has 0 unspecified atom stereocenters. The highest BCUT2D eigenvalue weighted by atomic mass is 32.1. The summed E-state index contributed by atoms with van der Waals surface area (Å²) in [7, 11) is 0. The fourth-order valence-electron chi connectivity index (χ4n) is 3.52. The van der Waals surface area contributed by atoms with E-state index < -0.39 is 0 Å². The summed E-state index contributed by atoms with van der Waals surface area (Å²) in [6.45, 7) is 3.89. The molecule has 20 heavy (non-hydrogen) atoms. The predicted octanol–water partition coefficient (Wildman–Crippen LogP) is 4.09. The van der Waals surface area contributed by atoms with Gasteiger partial charge in [-0.1, -0.05) is 25.5 Å². The number of rotatable bonds is 6. The van der Waals surface area contributed by atoms with Gasteiger partial charge in [0.2, 0.25) is 5.91 Å². The minimum atomic E-state index is 0.250. The van der Waals surface area contributed by atoms with E-state index in [0.29, 0.717) is 17.7 Å². The molecule has 1 aromatic heterocycles. The normalized spacial score (nSPS) is 27.1. The third-order valence-corrected chi connectivity index (χ3v) is 5.37. The Bertz CT molecular complexity index is 479. The monoisotopic (exact) mass is 289 g/mol. The maximum Gasteiger partial charge on any atom is 0.226 e. The second-order valence-electron chi connectivity index (χ2n) is 6.13. The van der Waals surface area contributed by atoms with E-state index in [1.807, 2.05) is 0 Å². The molecule has 1 aromatic rings. The van der Waals surface area contributed by atoms with Crippen LogP contribution < -0.4 is 0 Å². The van der Waals surface area contributed by atoms with E-state index in [1.54, 1.807) is 11.3 Å². The van der Waals surface area contributed by atoms with Crippen LogP contribution in [0.2, 0.25) is 0 Å². The first-order valence-corrected chi connectivity index (χ1v) is 8.70. The van der Waals surface area contributed by atoms with Crippen LogP contribution in [0.1, 0.15) is 38.2 Å². The van der Waals surface area contributed by atoms with Crippen LogP contribution in [-0.4, -0.2) is 17.4 Å². The highest BCUT2D eigenvalue weighted by Crippen LogP contribution is 2.44. The lowest BCUT2D eigenvalue weighted by Crippen LogP contribution is -2.37. The molecule has 1 heterocycles. The van der Waals surface area contributed by atoms with Gasteiger partial charge in [-0.25, -0.2) is 0 Å². The number of fused-ring (bicyclic) bond motifs is 2. The van der Waals surface area contributed by atoms with Gasteiger partial charge >= 0.3 is 0 Å². The second-order valence-corrected chi connectivity index (χ2v) is 6.91. The zero-order chi connectivity index (χ0) is 13.9. The van der Waals surface area contributed by atoms with Crippen LogP contribution in [0.3, 0.4) is 0 Å². The number of hydrogen-bond acceptors (Lipinski definition) is 2. The van der Waals surface area contributed by atoms with Crippen molar-refractivity contribution in [2.45, 2.75) is 39.2 Å². The Kier molecular flexibility index (Phi) is 4.25. The van der Waals surface area contributed by atoms with Crippen molar-refractivity contribution in [2.75, 3.05) is 6.54 Å². The minimum Gasteiger partial charge on any atom is -0.338 e. The lowest BCUT2D eigenvalue weighted by atomic mass is 9.92. The number of amides is 1. The molecule has 2 bridgehead atoms. The number of unbranched alkanes of at least 4 members (excludes halogenated alkanes) is 1. The zero-order valence-corrected chi connectivity index (χ0v) is 12.9. The topological polar surface area (TPSA) is 20.3 Å². The van der Waals surface area contributed by atoms with Gasteiger partial charge in [0.1, 0.15) is 0 Å². The molecule has 2 nitrogen and oxygen atoms in total. The van der Waals surface area contributed by atoms with Gasteiger partial charge in [0.25, 0.3) is 0 Å². The smallest absolute Gasteiger partial charge is 0.226 e. The Morgan fingerprint density at radius 2 is 2.30 bits per heavy atom. The third-order valence-electron chi connectivity index (χ3n) is 4.64. The van der Waals surface area contributed by atoms with Gasteiger partial charge in [0.05, 0.1) is 0 Å². The average Bonchev–Trinajstić information content (AvgIpc) is 3.19. The Labute approximate surface area is 125 Å². The van der Waals surface area contributed by atoms with Gasteiger partial charge in [-0.3, -0.25) is 4.79 Å². The van der Waals surface area contributed by atoms with Crippen LogP contribution in [0.15, 0.2) is 29.0 Å². The molecule has 1 amide bonds. The highest BCUT2D eigenvalue weighted by Gasteiger charge is 2.41. The molecule has 0 saturated heterocycles. The summed E-state index contributed by atoms with van der Waals surface area (Å²) >= 11 is 1.71. The van der Waals surface area contributed by atoms with Crippen molar-refractivity contribution in [2.24, 2.45) is 17.8 Å². The molecule has 2 aliphatic carbocycles. The number of hydrogen-bond donors (Lipinski definition) is 0. The van der Waals surface area contributed by atoms with Crippen molar-refractivity contribution in [3.63, 3.8) is 0 Å². The number of nitrogens with zero attached hydrogens (tertiary/aromatic N) is 1. The molecule has 1 saturated carbocycles. The molecule has 3 heteroatoms. The lowest BCUT2D eigenvalue weighted by molar-refractivity contribution is -0.137. The summed E-state index contributed by atoms with van der Waals surface area (Å²) in [5, 5.41) is 4.25. The van der Waals surface area contributed by atoms with Crippen LogP contribution in [-0.2, 0) is 11.3 Å². The first kappa shape index (κ1) is 13.9. The van der Waals surface area contributed by atoms with Crippen molar-refractivity contribution >= 4 is 17.2 Å². The number of thiophene rings is 1. The van der Waals surface area contributed by atoms with E-state index in [0.717, 1.165) is 32.4 Å². The van der Waals surface area contributed by atoms with Crippen LogP contribution in [0.5, 0.6) is 0 Å². The molecular weight excluding hydrogens is 266 g/mol. The third kappa shape index (κ3) is 2.83. The summed E-state index contributed by atoms with van der Waals surface area (Å²) in [5.41, 5.74) is 1.28. The fourth-order valence-corrected chi connectivity index (χ4v) is 4.18. The molecule has 1 fully saturated rings. The Morgan fingerprint density at radius 3 is 2.90 bits per heavy atom. The maximum atomic E-state index is 12.9. The highest BCUT2D eigenvalue weighted by molar-refractivity contribution is 7.07. The summed E-state index contributed by atoms with van der Waals surface area (Å²) in [4.78, 5) is 15.0. The van der Waals surface area contributed by atoms with Crippen LogP contribution >= 0.6 is 11.3 Å². The molecule has 0 radical (unpaired) electrons. The van der Waals surface area contributed by atoms with E-state index >= 15 is 0 Å². The van der Waals surface area contributed by atoms with Gasteiger partial charge in [-0.05, 0) is 53.5 Å². The maximum absolute atomic E-state index is 12.9. The fraction of sp³-hybridized carbons (Fsp3) is 0.588. The molecule has 3 atom stereocenters. The van der Waals surface area contributed by atoms with E-state index in [1.165, 1.54) is 12.0 Å². The van der Waals surface area contributed by atoms with Gasteiger partial charge < -0.3 is 4.90 Å². The summed E-state index contributed by atoms with van der Waals surface area (Å²) in [5.74, 6) is 1.82. The Balaban J connectivity index is 1.68. The van der Waals surface area contributed by atoms with Crippen LogP contribution in [0.25, 0.3) is 0 Å². The second kappa shape index (κ2) is 6.13. The summed E-state index contributed by atoms with van der Waals surface area (Å²) in [6.07, 6.45) is 9.11. The van der Waals surface area contributed by atoms with Crippen molar-refractivity contribution < 1.29 is 4.79 Å². The number of allylic oxidation sites excluding steroid dienone is 2. The Morgan fingerprint density at radius 1 is 1.40 bits per heavy atom. The number of carbonyl (C=O) groups excluding carboxylic acids is 1. The zero-order valence-electron chi connectivity index (χ0n) is 12.1. The minimum absolute atomic E-state index is 0.250. The first-order valence-electron chi connectivity index (χ1n) is 7.76. The van der Waals surface area contributed by atoms with Gasteiger partial charge in [0, 0.05) is 19.0 Å². The van der Waals surface area contributed by atoms with E-state index in [-0.39, 0.29) is 5.92 Å². The molecule has 108 valence electrons. The summed E-state index contributed by atoms with van der Waals surface area (Å²) in [6, 6.07) is 2.14. The van der Waals surface area contributed by atoms with Crippen LogP contribution in [0.4, 0.5) is 0 Å². The number of carbonyl (C=O) groups is 1. The van der Waals surface area contributed by atoms with Crippen molar-refractivity contribution in [1.82, 2.24) is 4.90 Å². The summed E-state index contributed by atoms with van der Waals surface area (Å²) < 4.78 is 0. The molecular formula is C17H23NOS. The quantitative estimate of drug-likeness (QED) is 0.722. The van der Waals surface area contributed by atoms with Gasteiger partial charge in [0.15, 0.2) is 0 Å². The molecule has 0 spiro atoms. The molecule has 3 rings (SSSR count). The molecule has 0 aliphatic heterocycles. The molecule has 2 aliphatic rings. The SMILES string of the molecule is CCCCN(Cc1ccsc1)C(=O)[C@@H]1C[C@H]2C=C[C@@H]1C2. The van der Waals surface area contributed by atoms with Crippen LogP contribution in [0, 0.1) is 17.8 Å². The average molecular weight is 289 g/mol. The van der Waals surface area contributed by atoms with Crippen molar-refractivity contribution in [3.05, 3.63) is 34.5 Å². The van der Waals surface area contributed by atoms with E-state index in [9.17, 15) is 4.79 Å². The molecule has 0 aromatic carbocycles. The van der Waals surface area contributed by atoms with Crippen molar-refractivity contribution in [1.29, 1.82) is 0 Å². The Hall–Kier alpha value is -1.09. The molecule has 0 N–H and O–H groups in total.